The van der Waals surface area contributed by atoms with E-state index in [-0.39, 0.29) is 5.91 Å². The summed E-state index contributed by atoms with van der Waals surface area (Å²) in [6, 6.07) is 19.4. The monoisotopic (exact) mass is 291 g/mol. The van der Waals surface area contributed by atoms with E-state index >= 15 is 0 Å². The third-order valence-corrected chi connectivity index (χ3v) is 3.76. The molecule has 0 unspecified atom stereocenters. The Kier molecular flexibility index (Phi) is 5.01. The lowest BCUT2D eigenvalue weighted by atomic mass is 10.0. The van der Waals surface area contributed by atoms with Gasteiger partial charge in [0.1, 0.15) is 0 Å². The van der Waals surface area contributed by atoms with Crippen molar-refractivity contribution >= 4 is 5.91 Å². The number of benzene rings is 2. The van der Waals surface area contributed by atoms with Crippen LogP contribution in [0.3, 0.4) is 0 Å². The van der Waals surface area contributed by atoms with Gasteiger partial charge in [0.25, 0.3) is 5.91 Å². The third kappa shape index (κ3) is 3.77. The SMILES string of the molecule is C#CC(C)(C)N(CCc1ccccc1)C(=O)c1ccccc1. The highest BCUT2D eigenvalue weighted by Gasteiger charge is 2.29. The maximum atomic E-state index is 12.8. The molecule has 0 aromatic heterocycles. The van der Waals surface area contributed by atoms with Crippen molar-refractivity contribution in [2.45, 2.75) is 25.8 Å². The molecule has 0 saturated heterocycles. The second-order valence-corrected chi connectivity index (χ2v) is 5.76. The minimum atomic E-state index is -0.623. The van der Waals surface area contributed by atoms with E-state index in [1.807, 2.05) is 62.4 Å². The van der Waals surface area contributed by atoms with Crippen LogP contribution in [0.2, 0.25) is 0 Å². The fourth-order valence-electron chi connectivity index (χ4n) is 2.33. The summed E-state index contributed by atoms with van der Waals surface area (Å²) in [6.45, 7) is 4.40. The average Bonchev–Trinajstić information content (AvgIpc) is 2.56. The molecule has 112 valence electrons. The zero-order valence-corrected chi connectivity index (χ0v) is 13.1. The van der Waals surface area contributed by atoms with Crippen molar-refractivity contribution < 1.29 is 4.79 Å². The molecule has 0 spiro atoms. The molecule has 0 radical (unpaired) electrons. The molecule has 0 saturated carbocycles. The van der Waals surface area contributed by atoms with Crippen molar-refractivity contribution in [2.75, 3.05) is 6.54 Å². The van der Waals surface area contributed by atoms with Crippen molar-refractivity contribution in [2.24, 2.45) is 0 Å². The first kappa shape index (κ1) is 15.9. The molecule has 1 amide bonds. The summed E-state index contributed by atoms with van der Waals surface area (Å²) in [6.07, 6.45) is 6.43. The molecular formula is C20H21NO. The van der Waals surface area contributed by atoms with Gasteiger partial charge in [-0.15, -0.1) is 6.42 Å². The molecule has 22 heavy (non-hydrogen) atoms. The Morgan fingerprint density at radius 1 is 1.05 bits per heavy atom. The van der Waals surface area contributed by atoms with E-state index in [0.29, 0.717) is 12.1 Å². The van der Waals surface area contributed by atoms with E-state index in [0.717, 1.165) is 6.42 Å². The van der Waals surface area contributed by atoms with Crippen LogP contribution in [0.25, 0.3) is 0 Å². The Morgan fingerprint density at radius 3 is 2.14 bits per heavy atom. The quantitative estimate of drug-likeness (QED) is 0.768. The van der Waals surface area contributed by atoms with Crippen molar-refractivity contribution in [1.82, 2.24) is 4.90 Å². The van der Waals surface area contributed by atoms with Crippen LogP contribution in [0.4, 0.5) is 0 Å². The van der Waals surface area contributed by atoms with E-state index in [4.69, 9.17) is 6.42 Å². The second-order valence-electron chi connectivity index (χ2n) is 5.76. The first-order valence-electron chi connectivity index (χ1n) is 7.43. The van der Waals surface area contributed by atoms with E-state index < -0.39 is 5.54 Å². The highest BCUT2D eigenvalue weighted by Crippen LogP contribution is 2.18. The van der Waals surface area contributed by atoms with Gasteiger partial charge in [-0.3, -0.25) is 4.79 Å². The summed E-state index contributed by atoms with van der Waals surface area (Å²) in [5, 5.41) is 0. The largest absolute Gasteiger partial charge is 0.322 e. The first-order chi connectivity index (χ1) is 10.5. The van der Waals surface area contributed by atoms with Gasteiger partial charge in [0, 0.05) is 12.1 Å². The van der Waals surface area contributed by atoms with Crippen LogP contribution in [0, 0.1) is 12.3 Å². The van der Waals surface area contributed by atoms with Gasteiger partial charge in [-0.2, -0.15) is 0 Å². The van der Waals surface area contributed by atoms with Gasteiger partial charge in [0.05, 0.1) is 5.54 Å². The van der Waals surface area contributed by atoms with E-state index in [1.165, 1.54) is 5.56 Å². The summed E-state index contributed by atoms with van der Waals surface area (Å²) in [4.78, 5) is 14.6. The highest BCUT2D eigenvalue weighted by molar-refractivity contribution is 5.95. The number of carbonyl (C=O) groups is 1. The minimum absolute atomic E-state index is 0.0283. The van der Waals surface area contributed by atoms with E-state index in [1.54, 1.807) is 4.90 Å². The number of rotatable bonds is 5. The normalized spacial score (nSPS) is 10.8. The first-order valence-corrected chi connectivity index (χ1v) is 7.43. The van der Waals surface area contributed by atoms with Gasteiger partial charge in [-0.25, -0.2) is 0 Å². The average molecular weight is 291 g/mol. The van der Waals surface area contributed by atoms with Gasteiger partial charge < -0.3 is 4.90 Å². The third-order valence-electron chi connectivity index (χ3n) is 3.76. The zero-order chi connectivity index (χ0) is 16.0. The van der Waals surface area contributed by atoms with Gasteiger partial charge in [0.15, 0.2) is 0 Å². The van der Waals surface area contributed by atoms with Crippen LogP contribution in [0.15, 0.2) is 60.7 Å². The molecule has 2 aromatic carbocycles. The highest BCUT2D eigenvalue weighted by atomic mass is 16.2. The maximum Gasteiger partial charge on any atom is 0.255 e. The molecule has 0 aliphatic rings. The lowest BCUT2D eigenvalue weighted by Gasteiger charge is -2.35. The standard InChI is InChI=1S/C20H21NO/c1-4-20(2,3)21(16-15-17-11-7-5-8-12-17)19(22)18-13-9-6-10-14-18/h1,5-14H,15-16H2,2-3H3. The Bertz CT molecular complexity index is 653. The summed E-state index contributed by atoms with van der Waals surface area (Å²) in [5.41, 5.74) is 1.24. The van der Waals surface area contributed by atoms with Crippen molar-refractivity contribution in [3.8, 4) is 12.3 Å². The fraction of sp³-hybridized carbons (Fsp3) is 0.250. The zero-order valence-electron chi connectivity index (χ0n) is 13.1. The Hall–Kier alpha value is -2.53. The molecule has 2 heteroatoms. The van der Waals surface area contributed by atoms with Gasteiger partial charge in [-0.1, -0.05) is 54.5 Å². The lowest BCUT2D eigenvalue weighted by Crippen LogP contribution is -2.47. The van der Waals surface area contributed by atoms with Gasteiger partial charge in [0.2, 0.25) is 0 Å². The minimum Gasteiger partial charge on any atom is -0.322 e. The number of carbonyl (C=O) groups excluding carboxylic acids is 1. The molecule has 0 fully saturated rings. The number of nitrogens with zero attached hydrogens (tertiary/aromatic N) is 1. The Balaban J connectivity index is 2.21. The molecule has 0 atom stereocenters. The van der Waals surface area contributed by atoms with Crippen LogP contribution in [-0.2, 0) is 6.42 Å². The van der Waals surface area contributed by atoms with Crippen LogP contribution in [0.5, 0.6) is 0 Å². The lowest BCUT2D eigenvalue weighted by molar-refractivity contribution is 0.0641. The predicted molar refractivity (Wildman–Crippen MR) is 90.5 cm³/mol. The summed E-state index contributed by atoms with van der Waals surface area (Å²) >= 11 is 0. The van der Waals surface area contributed by atoms with Crippen LogP contribution in [0.1, 0.15) is 29.8 Å². The molecule has 0 N–H and O–H groups in total. The molecule has 2 rings (SSSR count). The van der Waals surface area contributed by atoms with Crippen molar-refractivity contribution in [3.63, 3.8) is 0 Å². The van der Waals surface area contributed by atoms with Crippen LogP contribution >= 0.6 is 0 Å². The van der Waals surface area contributed by atoms with Crippen LogP contribution in [-0.4, -0.2) is 22.9 Å². The second kappa shape index (κ2) is 6.95. The number of hydrogen-bond acceptors (Lipinski definition) is 1. The molecule has 2 nitrogen and oxygen atoms in total. The van der Waals surface area contributed by atoms with Crippen molar-refractivity contribution in [1.29, 1.82) is 0 Å². The number of hydrogen-bond donors (Lipinski definition) is 0. The van der Waals surface area contributed by atoms with Crippen molar-refractivity contribution in [3.05, 3.63) is 71.8 Å². The van der Waals surface area contributed by atoms with Crippen LogP contribution < -0.4 is 0 Å². The van der Waals surface area contributed by atoms with E-state index in [9.17, 15) is 4.79 Å². The topological polar surface area (TPSA) is 20.3 Å². The molecule has 0 aliphatic carbocycles. The molecule has 0 heterocycles. The summed E-state index contributed by atoms with van der Waals surface area (Å²) < 4.78 is 0. The Labute approximate surface area is 132 Å². The summed E-state index contributed by atoms with van der Waals surface area (Å²) in [7, 11) is 0. The molecule has 0 bridgehead atoms. The number of terminal acetylenes is 1. The van der Waals surface area contributed by atoms with E-state index in [2.05, 4.69) is 18.1 Å². The Morgan fingerprint density at radius 2 is 1.59 bits per heavy atom. The maximum absolute atomic E-state index is 12.8. The fourth-order valence-corrected chi connectivity index (χ4v) is 2.33. The van der Waals surface area contributed by atoms with Gasteiger partial charge in [-0.05, 0) is 38.0 Å². The molecule has 2 aromatic rings. The number of amides is 1. The summed E-state index contributed by atoms with van der Waals surface area (Å²) in [5.74, 6) is 2.71. The predicted octanol–water partition coefficient (Wildman–Crippen LogP) is 3.78. The van der Waals surface area contributed by atoms with Gasteiger partial charge >= 0.3 is 0 Å². The molecular weight excluding hydrogens is 270 g/mol. The smallest absolute Gasteiger partial charge is 0.255 e. The molecule has 0 aliphatic heterocycles.